The van der Waals surface area contributed by atoms with Crippen LogP contribution in [0.3, 0.4) is 0 Å². The molecule has 0 bridgehead atoms. The molecule has 0 aliphatic heterocycles. The summed E-state index contributed by atoms with van der Waals surface area (Å²) in [6.45, 7) is 0.616. The molecule has 1 aromatic carbocycles. The molecule has 0 spiro atoms. The van der Waals surface area contributed by atoms with Crippen LogP contribution in [0.15, 0.2) is 47.8 Å². The smallest absolute Gasteiger partial charge is 0.318 e. The number of thiophene rings is 1. The highest BCUT2D eigenvalue weighted by atomic mass is 32.1. The molecular weight excluding hydrogens is 348 g/mol. The molecule has 5 nitrogen and oxygen atoms in total. The quantitative estimate of drug-likeness (QED) is 0.701. The number of aliphatic carboxylic acids is 1. The van der Waals surface area contributed by atoms with Gasteiger partial charge in [0.05, 0.1) is 6.54 Å². The van der Waals surface area contributed by atoms with Gasteiger partial charge in [-0.25, -0.2) is 4.79 Å². The molecule has 2 N–H and O–H groups in total. The molecule has 6 heteroatoms. The standard InChI is InChI=1S/C20H24N2O3S/c23-19(24)11-8-16(13-15-5-2-1-3-6-15)21-20(25)22(17-9-10-17)14-18-7-4-12-26-18/h1-7,12,16-17H,8-11,13-14H2,(H,21,25)(H,23,24). The lowest BCUT2D eigenvalue weighted by Crippen LogP contribution is -2.46. The molecule has 1 saturated carbocycles. The van der Waals surface area contributed by atoms with E-state index in [1.54, 1.807) is 11.3 Å². The van der Waals surface area contributed by atoms with Crippen molar-refractivity contribution in [2.24, 2.45) is 0 Å². The molecule has 2 amide bonds. The van der Waals surface area contributed by atoms with Crippen LogP contribution in [0.25, 0.3) is 0 Å². The van der Waals surface area contributed by atoms with Crippen molar-refractivity contribution < 1.29 is 14.7 Å². The Kier molecular flexibility index (Phi) is 6.28. The van der Waals surface area contributed by atoms with E-state index in [0.29, 0.717) is 25.4 Å². The van der Waals surface area contributed by atoms with Gasteiger partial charge >= 0.3 is 12.0 Å². The highest BCUT2D eigenvalue weighted by molar-refractivity contribution is 7.09. The van der Waals surface area contributed by atoms with Crippen LogP contribution in [0, 0.1) is 0 Å². The summed E-state index contributed by atoms with van der Waals surface area (Å²) in [6.07, 6.45) is 3.19. The van der Waals surface area contributed by atoms with Crippen LogP contribution in [-0.4, -0.2) is 34.1 Å². The summed E-state index contributed by atoms with van der Waals surface area (Å²) in [6, 6.07) is 13.9. The zero-order valence-corrected chi connectivity index (χ0v) is 15.5. The van der Waals surface area contributed by atoms with E-state index in [0.717, 1.165) is 23.3 Å². The number of nitrogens with one attached hydrogen (secondary N) is 1. The molecule has 1 unspecified atom stereocenters. The number of amides is 2. The fraction of sp³-hybridized carbons (Fsp3) is 0.400. The lowest BCUT2D eigenvalue weighted by atomic mass is 10.0. The Labute approximate surface area is 157 Å². The van der Waals surface area contributed by atoms with Crippen LogP contribution >= 0.6 is 11.3 Å². The first kappa shape index (κ1) is 18.5. The molecule has 3 rings (SSSR count). The molecule has 26 heavy (non-hydrogen) atoms. The Morgan fingerprint density at radius 3 is 2.58 bits per heavy atom. The first-order chi connectivity index (χ1) is 12.6. The van der Waals surface area contributed by atoms with Gasteiger partial charge in [-0.3, -0.25) is 4.79 Å². The molecule has 0 radical (unpaired) electrons. The number of hydrogen-bond acceptors (Lipinski definition) is 3. The van der Waals surface area contributed by atoms with E-state index in [4.69, 9.17) is 5.11 Å². The Balaban J connectivity index is 1.64. The second-order valence-electron chi connectivity index (χ2n) is 6.71. The van der Waals surface area contributed by atoms with E-state index in [-0.39, 0.29) is 18.5 Å². The number of carboxylic acid groups (broad SMARTS) is 1. The van der Waals surface area contributed by atoms with Gasteiger partial charge in [0.1, 0.15) is 0 Å². The summed E-state index contributed by atoms with van der Waals surface area (Å²) >= 11 is 1.65. The largest absolute Gasteiger partial charge is 0.481 e. The highest BCUT2D eigenvalue weighted by Crippen LogP contribution is 2.29. The molecule has 1 aromatic heterocycles. The second-order valence-corrected chi connectivity index (χ2v) is 7.74. The molecule has 1 heterocycles. The maximum Gasteiger partial charge on any atom is 0.318 e. The van der Waals surface area contributed by atoms with E-state index in [1.165, 1.54) is 0 Å². The summed E-state index contributed by atoms with van der Waals surface area (Å²) in [4.78, 5) is 26.9. The average molecular weight is 372 g/mol. The number of hydrogen-bond donors (Lipinski definition) is 2. The maximum absolute atomic E-state index is 12.9. The van der Waals surface area contributed by atoms with E-state index in [2.05, 4.69) is 5.32 Å². The Bertz CT molecular complexity index is 714. The zero-order valence-electron chi connectivity index (χ0n) is 14.6. The highest BCUT2D eigenvalue weighted by Gasteiger charge is 2.33. The van der Waals surface area contributed by atoms with Crippen LogP contribution in [0.5, 0.6) is 0 Å². The van der Waals surface area contributed by atoms with Crippen molar-refractivity contribution >= 4 is 23.3 Å². The van der Waals surface area contributed by atoms with Crippen molar-refractivity contribution in [3.8, 4) is 0 Å². The Morgan fingerprint density at radius 2 is 1.96 bits per heavy atom. The minimum atomic E-state index is -0.838. The predicted octanol–water partition coefficient (Wildman–Crippen LogP) is 3.90. The van der Waals surface area contributed by atoms with Gasteiger partial charge in [0.2, 0.25) is 0 Å². The molecule has 138 valence electrons. The van der Waals surface area contributed by atoms with Gasteiger partial charge in [0, 0.05) is 23.4 Å². The first-order valence-electron chi connectivity index (χ1n) is 8.97. The Hall–Kier alpha value is -2.34. The number of rotatable bonds is 9. The van der Waals surface area contributed by atoms with E-state index >= 15 is 0 Å². The molecule has 2 aromatic rings. The Morgan fingerprint density at radius 1 is 1.19 bits per heavy atom. The van der Waals surface area contributed by atoms with E-state index in [9.17, 15) is 9.59 Å². The maximum atomic E-state index is 12.9. The van der Waals surface area contributed by atoms with Crippen molar-refractivity contribution in [2.75, 3.05) is 0 Å². The van der Waals surface area contributed by atoms with Crippen LogP contribution in [-0.2, 0) is 17.8 Å². The zero-order chi connectivity index (χ0) is 18.4. The van der Waals surface area contributed by atoms with Gasteiger partial charge in [-0.15, -0.1) is 11.3 Å². The number of carboxylic acids is 1. The number of carbonyl (C=O) groups is 2. The second kappa shape index (κ2) is 8.85. The fourth-order valence-electron chi connectivity index (χ4n) is 3.00. The summed E-state index contributed by atoms with van der Waals surface area (Å²) in [5, 5.41) is 14.1. The third kappa shape index (κ3) is 5.59. The molecule has 1 aliphatic carbocycles. The van der Waals surface area contributed by atoms with Crippen molar-refractivity contribution in [3.63, 3.8) is 0 Å². The normalized spacial score (nSPS) is 14.6. The molecule has 0 saturated heterocycles. The van der Waals surface area contributed by atoms with E-state index < -0.39 is 5.97 Å². The monoisotopic (exact) mass is 372 g/mol. The summed E-state index contributed by atoms with van der Waals surface area (Å²) in [5.74, 6) is -0.838. The van der Waals surface area contributed by atoms with Crippen molar-refractivity contribution in [3.05, 3.63) is 58.3 Å². The van der Waals surface area contributed by atoms with Crippen LogP contribution in [0.1, 0.15) is 36.1 Å². The third-order valence-corrected chi connectivity index (χ3v) is 5.38. The minimum Gasteiger partial charge on any atom is -0.481 e. The molecule has 1 aliphatic rings. The molecular formula is C20H24N2O3S. The SMILES string of the molecule is O=C(O)CCC(Cc1ccccc1)NC(=O)N(Cc1cccs1)C1CC1. The average Bonchev–Trinajstić information content (AvgIpc) is 3.34. The fourth-order valence-corrected chi connectivity index (χ4v) is 3.71. The van der Waals surface area contributed by atoms with E-state index in [1.807, 2.05) is 52.7 Å². The van der Waals surface area contributed by atoms with Gasteiger partial charge in [-0.2, -0.15) is 0 Å². The van der Waals surface area contributed by atoms with Crippen LogP contribution in [0.4, 0.5) is 4.79 Å². The van der Waals surface area contributed by atoms with Gasteiger partial charge in [0.15, 0.2) is 0 Å². The van der Waals surface area contributed by atoms with Crippen molar-refractivity contribution in [1.29, 1.82) is 0 Å². The topological polar surface area (TPSA) is 69.6 Å². The minimum absolute atomic E-state index is 0.0478. The predicted molar refractivity (Wildman–Crippen MR) is 102 cm³/mol. The summed E-state index contributed by atoms with van der Waals surface area (Å²) < 4.78 is 0. The molecule has 1 fully saturated rings. The van der Waals surface area contributed by atoms with Crippen LogP contribution in [0.2, 0.25) is 0 Å². The number of carbonyl (C=O) groups excluding carboxylic acids is 1. The van der Waals surface area contributed by atoms with Gasteiger partial charge in [-0.1, -0.05) is 36.4 Å². The summed E-state index contributed by atoms with van der Waals surface area (Å²) in [7, 11) is 0. The number of benzene rings is 1. The van der Waals surface area contributed by atoms with Crippen LogP contribution < -0.4 is 5.32 Å². The molecule has 1 atom stereocenters. The summed E-state index contributed by atoms with van der Waals surface area (Å²) in [5.41, 5.74) is 1.10. The number of nitrogens with zero attached hydrogens (tertiary/aromatic N) is 1. The number of urea groups is 1. The first-order valence-corrected chi connectivity index (χ1v) is 9.85. The lowest BCUT2D eigenvalue weighted by molar-refractivity contribution is -0.137. The van der Waals surface area contributed by atoms with Gasteiger partial charge < -0.3 is 15.3 Å². The third-order valence-electron chi connectivity index (χ3n) is 4.51. The van der Waals surface area contributed by atoms with Gasteiger partial charge in [-0.05, 0) is 42.7 Å². The lowest BCUT2D eigenvalue weighted by Gasteiger charge is -2.26. The van der Waals surface area contributed by atoms with Gasteiger partial charge in [0.25, 0.3) is 0 Å². The van der Waals surface area contributed by atoms with Crippen molar-refractivity contribution in [2.45, 2.75) is 50.7 Å². The van der Waals surface area contributed by atoms with Crippen molar-refractivity contribution in [1.82, 2.24) is 10.2 Å².